The van der Waals surface area contributed by atoms with Gasteiger partial charge in [0.05, 0.1) is 7.11 Å². The highest BCUT2D eigenvalue weighted by molar-refractivity contribution is 4.61. The first-order chi connectivity index (χ1) is 3.62. The second-order valence-corrected chi connectivity index (χ2v) is 1.70. The lowest BCUT2D eigenvalue weighted by molar-refractivity contribution is -1.23. The average molecular weight is 118 g/mol. The second kappa shape index (κ2) is 2.81. The van der Waals surface area contributed by atoms with Gasteiger partial charge in [0.25, 0.3) is 0 Å². The summed E-state index contributed by atoms with van der Waals surface area (Å²) in [5, 5.41) is 8.97. The third kappa shape index (κ3) is 2.74. The maximum absolute atomic E-state index is 8.97. The summed E-state index contributed by atoms with van der Waals surface area (Å²) in [4.78, 5) is 4.14. The molecule has 0 aliphatic heterocycles. The average Bonchev–Trinajstić information content (AvgIpc) is 1.67. The van der Waals surface area contributed by atoms with E-state index in [1.54, 1.807) is 6.08 Å². The Morgan fingerprint density at radius 2 is 2.38 bits per heavy atom. The molecule has 0 radical (unpaired) electrons. The Morgan fingerprint density at radius 1 is 1.88 bits per heavy atom. The summed E-state index contributed by atoms with van der Waals surface area (Å²) < 4.78 is 0. The van der Waals surface area contributed by atoms with Crippen molar-refractivity contribution in [1.29, 1.82) is 0 Å². The minimum Gasteiger partial charge on any atom is -0.182 e. The van der Waals surface area contributed by atoms with E-state index >= 15 is 0 Å². The molecular weight excluding hydrogens is 106 g/mol. The van der Waals surface area contributed by atoms with E-state index in [9.17, 15) is 0 Å². The Hall–Kier alpha value is -0.380. The van der Waals surface area contributed by atoms with Gasteiger partial charge in [0.2, 0.25) is 0 Å². The smallest absolute Gasteiger partial charge is 0.160 e. The Kier molecular flexibility index (Phi) is 2.68. The molecule has 0 saturated heterocycles. The lowest BCUT2D eigenvalue weighted by atomic mass is 10.6. The standard InChI is InChI=1S/C5H12NO2/c1-4-5-6(2,7)8-3/h4,7H,1,5H2,2-3H3/q+1. The number of hydrogen-bond acceptors (Lipinski definition) is 2. The van der Waals surface area contributed by atoms with Crippen LogP contribution >= 0.6 is 0 Å². The molecular formula is C5H12NO2+. The van der Waals surface area contributed by atoms with Gasteiger partial charge in [0.1, 0.15) is 7.05 Å². The van der Waals surface area contributed by atoms with Crippen molar-refractivity contribution in [3.8, 4) is 0 Å². The Morgan fingerprint density at radius 3 is 2.50 bits per heavy atom. The minimum absolute atomic E-state index is 0.399. The maximum atomic E-state index is 8.97. The Balaban J connectivity index is 3.53. The molecule has 0 spiro atoms. The van der Waals surface area contributed by atoms with Gasteiger partial charge in [-0.3, -0.25) is 0 Å². The summed E-state index contributed by atoms with van der Waals surface area (Å²) in [6.07, 6.45) is 1.59. The first-order valence-corrected chi connectivity index (χ1v) is 2.37. The molecule has 48 valence electrons. The highest BCUT2D eigenvalue weighted by atomic mass is 16.9. The van der Waals surface area contributed by atoms with Crippen LogP contribution in [0.3, 0.4) is 0 Å². The van der Waals surface area contributed by atoms with Crippen LogP contribution < -0.4 is 0 Å². The van der Waals surface area contributed by atoms with Crippen molar-refractivity contribution in [1.82, 2.24) is 0 Å². The van der Waals surface area contributed by atoms with Gasteiger partial charge in [0.15, 0.2) is 6.54 Å². The quantitative estimate of drug-likeness (QED) is 0.333. The van der Waals surface area contributed by atoms with Crippen molar-refractivity contribution >= 4 is 0 Å². The van der Waals surface area contributed by atoms with Crippen molar-refractivity contribution in [2.24, 2.45) is 0 Å². The molecule has 0 amide bonds. The molecule has 0 aromatic rings. The molecule has 0 aromatic heterocycles. The molecule has 8 heavy (non-hydrogen) atoms. The molecule has 0 rings (SSSR count). The molecule has 1 unspecified atom stereocenters. The van der Waals surface area contributed by atoms with Gasteiger partial charge in [-0.25, -0.2) is 0 Å². The molecule has 1 N–H and O–H groups in total. The SMILES string of the molecule is C=CC[N+](C)(O)OC. The van der Waals surface area contributed by atoms with Crippen molar-refractivity contribution in [2.45, 2.75) is 0 Å². The predicted molar refractivity (Wildman–Crippen MR) is 30.0 cm³/mol. The number of hydrogen-bond donors (Lipinski definition) is 1. The van der Waals surface area contributed by atoms with E-state index in [2.05, 4.69) is 11.4 Å². The van der Waals surface area contributed by atoms with Gasteiger partial charge in [-0.15, -0.1) is 0 Å². The summed E-state index contributed by atoms with van der Waals surface area (Å²) in [5.41, 5.74) is 0. The monoisotopic (exact) mass is 118 g/mol. The van der Waals surface area contributed by atoms with Crippen LogP contribution in [0.25, 0.3) is 0 Å². The van der Waals surface area contributed by atoms with Crippen LogP contribution in [0, 0.1) is 0 Å². The molecule has 0 aromatic carbocycles. The lowest BCUT2D eigenvalue weighted by Gasteiger charge is -2.17. The number of hydroxylamine groups is 4. The fraction of sp³-hybridized carbons (Fsp3) is 0.600. The van der Waals surface area contributed by atoms with Crippen molar-refractivity contribution in [2.75, 3.05) is 20.7 Å². The van der Waals surface area contributed by atoms with Crippen LogP contribution in [0.15, 0.2) is 12.7 Å². The maximum Gasteiger partial charge on any atom is 0.160 e. The van der Waals surface area contributed by atoms with Crippen LogP contribution in [0.1, 0.15) is 0 Å². The topological polar surface area (TPSA) is 29.5 Å². The van der Waals surface area contributed by atoms with Crippen LogP contribution in [-0.4, -0.2) is 30.7 Å². The predicted octanol–water partition coefficient (Wildman–Crippen LogP) is 0.570. The number of quaternary nitrogens is 1. The Labute approximate surface area is 49.3 Å². The van der Waals surface area contributed by atoms with Gasteiger partial charge in [-0.1, -0.05) is 6.58 Å². The summed E-state index contributed by atoms with van der Waals surface area (Å²) in [6.45, 7) is 3.84. The summed E-state index contributed by atoms with van der Waals surface area (Å²) in [7, 11) is 2.96. The zero-order valence-electron chi connectivity index (χ0n) is 5.29. The highest BCUT2D eigenvalue weighted by Gasteiger charge is 2.13. The fourth-order valence-corrected chi connectivity index (χ4v) is 0.314. The fourth-order valence-electron chi connectivity index (χ4n) is 0.314. The zero-order chi connectivity index (χ0) is 6.62. The van der Waals surface area contributed by atoms with E-state index in [0.29, 0.717) is 6.54 Å². The largest absolute Gasteiger partial charge is 0.182 e. The minimum atomic E-state index is -0.455. The van der Waals surface area contributed by atoms with E-state index in [1.807, 2.05) is 0 Å². The van der Waals surface area contributed by atoms with Crippen molar-refractivity contribution < 1.29 is 14.9 Å². The second-order valence-electron chi connectivity index (χ2n) is 1.70. The van der Waals surface area contributed by atoms with Crippen LogP contribution in [-0.2, 0) is 4.84 Å². The molecule has 1 atom stereocenters. The molecule has 0 fully saturated rings. The van der Waals surface area contributed by atoms with E-state index in [1.165, 1.54) is 14.2 Å². The number of rotatable bonds is 3. The zero-order valence-corrected chi connectivity index (χ0v) is 5.29. The molecule has 0 saturated carbocycles. The van der Waals surface area contributed by atoms with Crippen molar-refractivity contribution in [3.05, 3.63) is 12.7 Å². The van der Waals surface area contributed by atoms with Gasteiger partial charge >= 0.3 is 0 Å². The summed E-state index contributed by atoms with van der Waals surface area (Å²) >= 11 is 0. The van der Waals surface area contributed by atoms with E-state index in [0.717, 1.165) is 0 Å². The molecule has 0 bridgehead atoms. The third-order valence-corrected chi connectivity index (χ3v) is 0.861. The number of likely N-dealkylation sites (N-methyl/N-ethyl adjacent to an activating group) is 1. The normalized spacial score (nSPS) is 17.4. The molecule has 0 heterocycles. The van der Waals surface area contributed by atoms with Crippen LogP contribution in [0.4, 0.5) is 0 Å². The summed E-state index contributed by atoms with van der Waals surface area (Å²) in [5.74, 6) is 0. The molecule has 3 heteroatoms. The number of nitrogens with zero attached hydrogens (tertiary/aromatic N) is 1. The highest BCUT2D eigenvalue weighted by Crippen LogP contribution is 1.93. The van der Waals surface area contributed by atoms with Gasteiger partial charge in [-0.2, -0.15) is 10.0 Å². The Bertz CT molecular complexity index is 80.5. The first-order valence-electron chi connectivity index (χ1n) is 2.37. The lowest BCUT2D eigenvalue weighted by Crippen LogP contribution is -2.38. The van der Waals surface area contributed by atoms with Crippen LogP contribution in [0.2, 0.25) is 0 Å². The molecule has 0 aliphatic rings. The van der Waals surface area contributed by atoms with Gasteiger partial charge in [0, 0.05) is 0 Å². The van der Waals surface area contributed by atoms with Gasteiger partial charge in [-0.05, 0) is 10.9 Å². The van der Waals surface area contributed by atoms with E-state index < -0.39 is 4.81 Å². The van der Waals surface area contributed by atoms with Crippen LogP contribution in [0.5, 0.6) is 0 Å². The molecule has 3 nitrogen and oxygen atoms in total. The van der Waals surface area contributed by atoms with Gasteiger partial charge < -0.3 is 0 Å². The molecule has 0 aliphatic carbocycles. The van der Waals surface area contributed by atoms with E-state index in [4.69, 9.17) is 5.21 Å². The first kappa shape index (κ1) is 7.62. The third-order valence-electron chi connectivity index (χ3n) is 0.861. The summed E-state index contributed by atoms with van der Waals surface area (Å²) in [6, 6.07) is 0. The van der Waals surface area contributed by atoms with E-state index in [-0.39, 0.29) is 0 Å². The van der Waals surface area contributed by atoms with Crippen molar-refractivity contribution in [3.63, 3.8) is 0 Å².